The van der Waals surface area contributed by atoms with Crippen molar-refractivity contribution in [2.45, 2.75) is 57.6 Å². The predicted octanol–water partition coefficient (Wildman–Crippen LogP) is 4.11. The Bertz CT molecular complexity index is 1480. The summed E-state index contributed by atoms with van der Waals surface area (Å²) >= 11 is 0. The maximum absolute atomic E-state index is 14.5. The van der Waals surface area contributed by atoms with Crippen molar-refractivity contribution in [2.24, 2.45) is 5.92 Å². The van der Waals surface area contributed by atoms with Crippen LogP contribution in [-0.4, -0.2) is 43.0 Å². The molecule has 1 amide bonds. The van der Waals surface area contributed by atoms with Crippen LogP contribution in [0.2, 0.25) is 0 Å². The Kier molecular flexibility index (Phi) is 7.86. The molecule has 1 aromatic carbocycles. The van der Waals surface area contributed by atoms with Gasteiger partial charge in [0, 0.05) is 36.0 Å². The average molecular weight is 543 g/mol. The third-order valence-corrected chi connectivity index (χ3v) is 7.60. The van der Waals surface area contributed by atoms with Gasteiger partial charge in [0.15, 0.2) is 10.5 Å². The van der Waals surface area contributed by atoms with Crippen LogP contribution < -0.4 is 19.8 Å². The van der Waals surface area contributed by atoms with Gasteiger partial charge in [-0.2, -0.15) is 8.42 Å². The molecule has 9 nitrogen and oxygen atoms in total. The lowest BCUT2D eigenvalue weighted by Crippen LogP contribution is -2.40. The predicted molar refractivity (Wildman–Crippen MR) is 142 cm³/mol. The van der Waals surface area contributed by atoms with Gasteiger partial charge >= 0.3 is 0 Å². The Labute approximate surface area is 221 Å². The molecule has 0 spiro atoms. The highest BCUT2D eigenvalue weighted by Crippen LogP contribution is 2.33. The Balaban J connectivity index is 1.81. The van der Waals surface area contributed by atoms with Crippen LogP contribution >= 0.6 is 0 Å². The second-order valence-electron chi connectivity index (χ2n) is 9.94. The van der Waals surface area contributed by atoms with Crippen molar-refractivity contribution in [3.63, 3.8) is 0 Å². The fraction of sp³-hybridized carbons (Fsp3) is 0.370. The van der Waals surface area contributed by atoms with Gasteiger partial charge in [-0.15, -0.1) is 0 Å². The Morgan fingerprint density at radius 3 is 2.53 bits per heavy atom. The van der Waals surface area contributed by atoms with Crippen LogP contribution in [0.5, 0.6) is 5.75 Å². The third kappa shape index (κ3) is 5.88. The first-order chi connectivity index (χ1) is 18.0. The molecule has 1 aliphatic rings. The van der Waals surface area contributed by atoms with Gasteiger partial charge in [0.05, 0.1) is 12.3 Å². The van der Waals surface area contributed by atoms with Gasteiger partial charge in [-0.3, -0.25) is 9.59 Å². The minimum absolute atomic E-state index is 0.0349. The number of nitrogens with one attached hydrogen (secondary N) is 2. The van der Waals surface area contributed by atoms with Crippen molar-refractivity contribution in [1.82, 2.24) is 14.7 Å². The van der Waals surface area contributed by atoms with Crippen molar-refractivity contribution >= 4 is 21.7 Å². The maximum Gasteiger partial charge on any atom is 0.281 e. The number of halogens is 1. The van der Waals surface area contributed by atoms with E-state index in [1.165, 1.54) is 30.5 Å². The van der Waals surface area contributed by atoms with E-state index >= 15 is 0 Å². The summed E-state index contributed by atoms with van der Waals surface area (Å²) < 4.78 is 47.7. The molecule has 0 radical (unpaired) electrons. The van der Waals surface area contributed by atoms with E-state index in [2.05, 4.69) is 9.97 Å². The molecule has 2 aromatic heterocycles. The molecular formula is C27H31FN4O5S. The largest absolute Gasteiger partial charge is 0.493 e. The lowest BCUT2D eigenvalue weighted by atomic mass is 10.1. The van der Waals surface area contributed by atoms with Gasteiger partial charge < -0.3 is 14.6 Å². The number of anilines is 1. The molecule has 38 heavy (non-hydrogen) atoms. The highest BCUT2D eigenvalue weighted by Gasteiger charge is 2.34. The van der Waals surface area contributed by atoms with E-state index in [1.54, 1.807) is 12.1 Å². The van der Waals surface area contributed by atoms with E-state index in [4.69, 9.17) is 4.74 Å². The molecule has 2 N–H and O–H groups in total. The average Bonchev–Trinajstić information content (AvgIpc) is 3.19. The molecule has 0 unspecified atom stereocenters. The number of sulfonamides is 1. The van der Waals surface area contributed by atoms with Crippen molar-refractivity contribution in [1.29, 1.82) is 0 Å². The van der Waals surface area contributed by atoms with E-state index in [-0.39, 0.29) is 40.1 Å². The highest BCUT2D eigenvalue weighted by atomic mass is 32.2. The summed E-state index contributed by atoms with van der Waals surface area (Å²) in [5, 5.41) is -0.348. The standard InChI is InChI=1S/C27H31FN4O5S/c1-16(2)15-37-21-12-19(11-20(28)13-21)22-14-23(33)25(26(30-22)32-17(3)8-9-18(32)4)27(34)31-38(35,36)24-7-5-6-10-29-24/h5-7,10-14,16-18H,8-9,15H2,1-4H3,(H,30,33)(H,31,34)/t17-,18+. The summed E-state index contributed by atoms with van der Waals surface area (Å²) in [7, 11) is -4.33. The van der Waals surface area contributed by atoms with Gasteiger partial charge in [0.2, 0.25) is 0 Å². The summed E-state index contributed by atoms with van der Waals surface area (Å²) in [6.45, 7) is 8.25. The molecule has 2 atom stereocenters. The van der Waals surface area contributed by atoms with Crippen LogP contribution in [0.1, 0.15) is 50.9 Å². The lowest BCUT2D eigenvalue weighted by molar-refractivity contribution is 0.0980. The fourth-order valence-corrected chi connectivity index (χ4v) is 5.45. The molecule has 11 heteroatoms. The Morgan fingerprint density at radius 1 is 1.18 bits per heavy atom. The van der Waals surface area contributed by atoms with Crippen molar-refractivity contribution in [3.8, 4) is 17.0 Å². The number of aromatic nitrogens is 2. The molecule has 4 rings (SSSR count). The number of hydrogen-bond acceptors (Lipinski definition) is 7. The number of benzene rings is 1. The number of carbonyl (C=O) groups is 1. The number of pyridine rings is 2. The normalized spacial score (nSPS) is 17.6. The number of aromatic amines is 1. The number of amides is 1. The number of H-pyrrole nitrogens is 1. The smallest absolute Gasteiger partial charge is 0.281 e. The Morgan fingerprint density at radius 2 is 1.89 bits per heavy atom. The molecular weight excluding hydrogens is 511 g/mol. The van der Waals surface area contributed by atoms with E-state index in [0.29, 0.717) is 17.9 Å². The first-order valence-corrected chi connectivity index (χ1v) is 13.9. The topological polar surface area (TPSA) is 121 Å². The monoisotopic (exact) mass is 542 g/mol. The zero-order valence-corrected chi connectivity index (χ0v) is 22.5. The van der Waals surface area contributed by atoms with Crippen molar-refractivity contribution in [2.75, 3.05) is 11.5 Å². The van der Waals surface area contributed by atoms with Gasteiger partial charge in [0.25, 0.3) is 15.9 Å². The molecule has 3 aromatic rings. The van der Waals surface area contributed by atoms with Crippen LogP contribution in [0.3, 0.4) is 0 Å². The van der Waals surface area contributed by atoms with Crippen LogP contribution in [0.4, 0.5) is 10.2 Å². The number of hydrogen-bond donors (Lipinski definition) is 2. The van der Waals surface area contributed by atoms with Crippen LogP contribution in [0.25, 0.3) is 11.3 Å². The highest BCUT2D eigenvalue weighted by molar-refractivity contribution is 7.90. The second kappa shape index (κ2) is 10.9. The van der Waals surface area contributed by atoms with Gasteiger partial charge in [-0.25, -0.2) is 14.1 Å². The molecule has 0 bridgehead atoms. The van der Waals surface area contributed by atoms with Gasteiger partial charge in [0.1, 0.15) is 22.9 Å². The Hall–Kier alpha value is -3.73. The summed E-state index contributed by atoms with van der Waals surface area (Å²) in [4.78, 5) is 35.5. The molecule has 1 saturated heterocycles. The zero-order valence-electron chi connectivity index (χ0n) is 21.7. The van der Waals surface area contributed by atoms with Crippen molar-refractivity contribution in [3.05, 3.63) is 70.3 Å². The number of rotatable bonds is 8. The summed E-state index contributed by atoms with van der Waals surface area (Å²) in [5.41, 5.74) is -0.423. The third-order valence-electron chi connectivity index (χ3n) is 6.35. The molecule has 1 aliphatic heterocycles. The second-order valence-corrected chi connectivity index (χ2v) is 11.6. The molecule has 3 heterocycles. The zero-order chi connectivity index (χ0) is 27.6. The number of nitrogens with zero attached hydrogens (tertiary/aromatic N) is 2. The summed E-state index contributed by atoms with van der Waals surface area (Å²) in [5.74, 6) is -0.916. The molecule has 0 saturated carbocycles. The molecule has 0 aliphatic carbocycles. The van der Waals surface area contributed by atoms with Gasteiger partial charge in [-0.1, -0.05) is 19.9 Å². The van der Waals surface area contributed by atoms with Crippen LogP contribution in [0, 0.1) is 11.7 Å². The lowest BCUT2D eigenvalue weighted by Gasteiger charge is -2.30. The number of carbonyl (C=O) groups excluding carboxylic acids is 1. The van der Waals surface area contributed by atoms with Gasteiger partial charge in [-0.05, 0) is 56.9 Å². The quantitative estimate of drug-likeness (QED) is 0.439. The first-order valence-electron chi connectivity index (χ1n) is 12.4. The van der Waals surface area contributed by atoms with Crippen molar-refractivity contribution < 1.29 is 22.3 Å². The minimum Gasteiger partial charge on any atom is -0.493 e. The van der Waals surface area contributed by atoms with E-state index < -0.39 is 27.2 Å². The maximum atomic E-state index is 14.5. The SMILES string of the molecule is CC(C)COc1cc(F)cc(-c2cc(=O)c(C(=O)NS(=O)(=O)c3ccccn3)c(N3[C@H](C)CC[C@@H]3C)[nH]2)c1. The summed E-state index contributed by atoms with van der Waals surface area (Å²) in [6.07, 6.45) is 2.92. The summed E-state index contributed by atoms with van der Waals surface area (Å²) in [6, 6.07) is 9.51. The number of ether oxygens (including phenoxy) is 1. The van der Waals surface area contributed by atoms with Crippen LogP contribution in [-0.2, 0) is 10.0 Å². The van der Waals surface area contributed by atoms with E-state index in [1.807, 2.05) is 37.3 Å². The van der Waals surface area contributed by atoms with E-state index in [0.717, 1.165) is 18.9 Å². The van der Waals surface area contributed by atoms with E-state index in [9.17, 15) is 22.4 Å². The van der Waals surface area contributed by atoms with Crippen LogP contribution in [0.15, 0.2) is 58.5 Å². The first kappa shape index (κ1) is 27.3. The molecule has 1 fully saturated rings. The molecule has 202 valence electrons. The fourth-order valence-electron chi connectivity index (χ4n) is 4.55. The minimum atomic E-state index is -4.33.